The fourth-order valence-corrected chi connectivity index (χ4v) is 8.67. The van der Waals surface area contributed by atoms with Gasteiger partial charge in [0.25, 0.3) is 0 Å². The first-order valence-electron chi connectivity index (χ1n) is 20.7. The van der Waals surface area contributed by atoms with Gasteiger partial charge in [-0.2, -0.15) is 9.97 Å². The van der Waals surface area contributed by atoms with E-state index in [-0.39, 0.29) is 0 Å². The smallest absolute Gasteiger partial charge is 0.238 e. The zero-order valence-corrected chi connectivity index (χ0v) is 33.3. The van der Waals surface area contributed by atoms with Crippen molar-refractivity contribution in [1.29, 1.82) is 0 Å². The van der Waals surface area contributed by atoms with Crippen LogP contribution in [0, 0.1) is 0 Å². The molecule has 0 aliphatic carbocycles. The van der Waals surface area contributed by atoms with Crippen LogP contribution in [-0.2, 0) is 0 Å². The molecule has 0 saturated carbocycles. The van der Waals surface area contributed by atoms with Crippen molar-refractivity contribution >= 4 is 43.6 Å². The van der Waals surface area contributed by atoms with Gasteiger partial charge in [-0.25, -0.2) is 15.0 Å². The third-order valence-electron chi connectivity index (χ3n) is 11.6. The molecule has 0 spiro atoms. The van der Waals surface area contributed by atoms with E-state index in [2.05, 4.69) is 143 Å². The minimum absolute atomic E-state index is 0.543. The summed E-state index contributed by atoms with van der Waals surface area (Å²) >= 11 is 0. The summed E-state index contributed by atoms with van der Waals surface area (Å²) in [4.78, 5) is 25.7. The Morgan fingerprint density at radius 1 is 0.258 bits per heavy atom. The number of benzene rings is 8. The maximum atomic E-state index is 5.29. The Morgan fingerprint density at radius 3 is 1.23 bits per heavy atom. The Labute approximate surface area is 356 Å². The quantitative estimate of drug-likeness (QED) is 0.161. The fourth-order valence-electron chi connectivity index (χ4n) is 8.67. The highest BCUT2D eigenvalue weighted by molar-refractivity contribution is 6.19. The van der Waals surface area contributed by atoms with Crippen molar-refractivity contribution in [1.82, 2.24) is 34.1 Å². The van der Waals surface area contributed by atoms with Crippen LogP contribution in [0.2, 0.25) is 0 Å². The number of rotatable bonds is 7. The van der Waals surface area contributed by atoms with Gasteiger partial charge in [0.1, 0.15) is 0 Å². The molecule has 12 rings (SSSR count). The van der Waals surface area contributed by atoms with Gasteiger partial charge in [0.15, 0.2) is 17.5 Å². The Kier molecular flexibility index (Phi) is 8.35. The van der Waals surface area contributed by atoms with E-state index in [0.29, 0.717) is 23.4 Å². The third-order valence-corrected chi connectivity index (χ3v) is 11.6. The Balaban J connectivity index is 1.05. The molecule has 290 valence electrons. The lowest BCUT2D eigenvalue weighted by Gasteiger charge is -2.12. The van der Waals surface area contributed by atoms with Gasteiger partial charge in [0, 0.05) is 55.0 Å². The molecule has 7 nitrogen and oxygen atoms in total. The van der Waals surface area contributed by atoms with Crippen LogP contribution in [-0.4, -0.2) is 34.1 Å². The molecule has 4 heterocycles. The highest BCUT2D eigenvalue weighted by Gasteiger charge is 2.21. The molecule has 0 fully saturated rings. The zero-order valence-electron chi connectivity index (χ0n) is 33.3. The molecule has 0 bridgehead atoms. The van der Waals surface area contributed by atoms with E-state index in [1.807, 2.05) is 78.9 Å². The summed E-state index contributed by atoms with van der Waals surface area (Å²) in [6, 6.07) is 73.2. The molecule has 0 aliphatic heterocycles. The predicted octanol–water partition coefficient (Wildman–Crippen LogP) is 13.2. The van der Waals surface area contributed by atoms with Gasteiger partial charge in [-0.3, -0.25) is 4.57 Å². The molecule has 62 heavy (non-hydrogen) atoms. The van der Waals surface area contributed by atoms with Crippen LogP contribution in [0.3, 0.4) is 0 Å². The summed E-state index contributed by atoms with van der Waals surface area (Å²) in [5.74, 6) is 2.38. The van der Waals surface area contributed by atoms with Gasteiger partial charge in [-0.15, -0.1) is 0 Å². The van der Waals surface area contributed by atoms with E-state index in [9.17, 15) is 0 Å². The number of hydrogen-bond donors (Lipinski definition) is 0. The fraction of sp³-hybridized carbons (Fsp3) is 0. The Hall–Kier alpha value is -8.55. The average Bonchev–Trinajstić information content (AvgIpc) is 3.86. The van der Waals surface area contributed by atoms with Crippen molar-refractivity contribution in [2.45, 2.75) is 0 Å². The van der Waals surface area contributed by atoms with Gasteiger partial charge in [-0.1, -0.05) is 170 Å². The minimum Gasteiger partial charge on any atom is -0.309 e. The SMILES string of the molecule is c1ccc(-c2cc(-c3ccc(-c4nc(-c5ccccc5)nc(-n5c6ccccc6c6cc7c8ccccc8n(-c8ccccc8)c7cc65)n4)cc3)nc(-c3ccccc3)n2)cc1. The van der Waals surface area contributed by atoms with Gasteiger partial charge >= 0.3 is 0 Å². The van der Waals surface area contributed by atoms with Crippen LogP contribution in [0.15, 0.2) is 212 Å². The van der Waals surface area contributed by atoms with E-state index in [1.165, 1.54) is 10.8 Å². The van der Waals surface area contributed by atoms with Crippen LogP contribution in [0.25, 0.3) is 112 Å². The van der Waals surface area contributed by atoms with Crippen molar-refractivity contribution in [3.63, 3.8) is 0 Å². The maximum Gasteiger partial charge on any atom is 0.238 e. The molecule has 0 unspecified atom stereocenters. The summed E-state index contributed by atoms with van der Waals surface area (Å²) in [6.07, 6.45) is 0. The number of hydrogen-bond acceptors (Lipinski definition) is 5. The van der Waals surface area contributed by atoms with Crippen molar-refractivity contribution in [2.75, 3.05) is 0 Å². The number of nitrogens with zero attached hydrogens (tertiary/aromatic N) is 7. The largest absolute Gasteiger partial charge is 0.309 e. The Morgan fingerprint density at radius 2 is 0.661 bits per heavy atom. The van der Waals surface area contributed by atoms with E-state index in [1.54, 1.807) is 0 Å². The molecule has 0 radical (unpaired) electrons. The van der Waals surface area contributed by atoms with Crippen LogP contribution in [0.5, 0.6) is 0 Å². The molecular weight excluding hydrogens is 759 g/mol. The first-order valence-corrected chi connectivity index (χ1v) is 20.7. The van der Waals surface area contributed by atoms with E-state index >= 15 is 0 Å². The van der Waals surface area contributed by atoms with Gasteiger partial charge in [0.2, 0.25) is 5.95 Å². The van der Waals surface area contributed by atoms with Crippen molar-refractivity contribution in [3.8, 4) is 68.3 Å². The van der Waals surface area contributed by atoms with Crippen molar-refractivity contribution in [2.24, 2.45) is 0 Å². The van der Waals surface area contributed by atoms with Crippen LogP contribution in [0.1, 0.15) is 0 Å². The summed E-state index contributed by atoms with van der Waals surface area (Å²) in [7, 11) is 0. The molecule has 12 aromatic rings. The molecule has 0 amide bonds. The van der Waals surface area contributed by atoms with Gasteiger partial charge in [-0.05, 0) is 42.5 Å². The first-order chi connectivity index (χ1) is 30.7. The molecular formula is C55H35N7. The molecule has 0 atom stereocenters. The topological polar surface area (TPSA) is 74.3 Å². The lowest BCUT2D eigenvalue weighted by atomic mass is 10.0. The monoisotopic (exact) mass is 793 g/mol. The predicted molar refractivity (Wildman–Crippen MR) is 251 cm³/mol. The molecule has 0 saturated heterocycles. The molecule has 8 aromatic carbocycles. The van der Waals surface area contributed by atoms with E-state index in [4.69, 9.17) is 24.9 Å². The van der Waals surface area contributed by atoms with Crippen molar-refractivity contribution < 1.29 is 0 Å². The second-order valence-corrected chi connectivity index (χ2v) is 15.3. The molecule has 0 N–H and O–H groups in total. The highest BCUT2D eigenvalue weighted by Crippen LogP contribution is 2.40. The number of para-hydroxylation sites is 3. The third kappa shape index (κ3) is 6.02. The molecule has 7 heteroatoms. The molecule has 0 aliphatic rings. The van der Waals surface area contributed by atoms with Gasteiger partial charge < -0.3 is 4.57 Å². The Bertz CT molecular complexity index is 3540. The second-order valence-electron chi connectivity index (χ2n) is 15.3. The second kappa shape index (κ2) is 14.6. The number of aromatic nitrogens is 7. The zero-order chi connectivity index (χ0) is 41.0. The minimum atomic E-state index is 0.543. The average molecular weight is 794 g/mol. The van der Waals surface area contributed by atoms with Crippen LogP contribution >= 0.6 is 0 Å². The summed E-state index contributed by atoms with van der Waals surface area (Å²) in [6.45, 7) is 0. The first kappa shape index (κ1) is 35.4. The molecule has 4 aromatic heterocycles. The maximum absolute atomic E-state index is 5.29. The van der Waals surface area contributed by atoms with Crippen LogP contribution < -0.4 is 0 Å². The highest BCUT2D eigenvalue weighted by atomic mass is 15.2. The summed E-state index contributed by atoms with van der Waals surface area (Å²) < 4.78 is 4.55. The normalized spacial score (nSPS) is 11.5. The standard InChI is InChI=1S/C55H35N7/c1-5-17-36(18-6-1)46-34-47(57-52(56-46)38-19-7-2-8-20-38)37-29-31-40(32-30-37)54-58-53(39-21-9-3-10-22-39)59-55(60-54)62-49-28-16-14-26-43(49)45-33-44-42-25-13-15-27-48(42)61(50(44)35-51(45)62)41-23-11-4-12-24-41/h1-35H. The lowest BCUT2D eigenvalue weighted by molar-refractivity contribution is 0.953. The summed E-state index contributed by atoms with van der Waals surface area (Å²) in [5.41, 5.74) is 11.8. The van der Waals surface area contributed by atoms with E-state index in [0.717, 1.165) is 77.7 Å². The van der Waals surface area contributed by atoms with Gasteiger partial charge in [0.05, 0.1) is 33.5 Å². The van der Waals surface area contributed by atoms with Crippen molar-refractivity contribution in [3.05, 3.63) is 212 Å². The summed E-state index contributed by atoms with van der Waals surface area (Å²) in [5, 5.41) is 4.66. The lowest BCUT2D eigenvalue weighted by Crippen LogP contribution is -2.06. The van der Waals surface area contributed by atoms with E-state index < -0.39 is 0 Å². The van der Waals surface area contributed by atoms with Crippen LogP contribution in [0.4, 0.5) is 0 Å². The number of fused-ring (bicyclic) bond motifs is 6.